The van der Waals surface area contributed by atoms with Crippen LogP contribution in [0.5, 0.6) is 0 Å². The average Bonchev–Trinajstić information content (AvgIpc) is 2.65. The summed E-state index contributed by atoms with van der Waals surface area (Å²) in [7, 11) is 0. The van der Waals surface area contributed by atoms with Crippen LogP contribution in [0.3, 0.4) is 0 Å². The molecule has 6 heteroatoms. The minimum Gasteiger partial charge on any atom is -0.465 e. The van der Waals surface area contributed by atoms with E-state index in [2.05, 4.69) is 10.2 Å². The monoisotopic (exact) mass is 335 g/mol. The highest BCUT2D eigenvalue weighted by Gasteiger charge is 2.18. The maximum absolute atomic E-state index is 12.3. The van der Waals surface area contributed by atoms with Crippen LogP contribution in [0.25, 0.3) is 22.5 Å². The highest BCUT2D eigenvalue weighted by atomic mass is 16.5. The Morgan fingerprint density at radius 2 is 1.56 bits per heavy atom. The third kappa shape index (κ3) is 3.63. The second kappa shape index (κ2) is 7.53. The maximum Gasteiger partial charge on any atom is 0.367 e. The lowest BCUT2D eigenvalue weighted by Gasteiger charge is -2.15. The molecule has 0 amide bonds. The molecule has 0 saturated heterocycles. The van der Waals surface area contributed by atoms with Crippen LogP contribution in [0.15, 0.2) is 65.5 Å². The van der Waals surface area contributed by atoms with Crippen LogP contribution in [0.1, 0.15) is 6.92 Å². The van der Waals surface area contributed by atoms with Gasteiger partial charge in [-0.1, -0.05) is 65.8 Å². The summed E-state index contributed by atoms with van der Waals surface area (Å²) in [6.07, 6.45) is 0. The standard InChI is InChI=1S/C19H17N3O3/c1-2-25-16(23)13-22-18(15-11-7-4-8-12-15)17(20-21-19(22)24)14-9-5-3-6-10-14/h3-12H,2,13H2,1H3. The summed E-state index contributed by atoms with van der Waals surface area (Å²) in [6, 6.07) is 18.8. The van der Waals surface area contributed by atoms with E-state index in [0.29, 0.717) is 11.4 Å². The van der Waals surface area contributed by atoms with Crippen molar-refractivity contribution < 1.29 is 9.53 Å². The van der Waals surface area contributed by atoms with Gasteiger partial charge in [-0.05, 0) is 6.92 Å². The van der Waals surface area contributed by atoms with E-state index in [0.717, 1.165) is 11.1 Å². The molecule has 1 aromatic heterocycles. The van der Waals surface area contributed by atoms with Crippen LogP contribution in [0, 0.1) is 0 Å². The minimum atomic E-state index is -0.591. The van der Waals surface area contributed by atoms with Crippen LogP contribution < -0.4 is 5.69 Å². The summed E-state index contributed by atoms with van der Waals surface area (Å²) in [5.74, 6) is -0.492. The Balaban J connectivity index is 2.23. The minimum absolute atomic E-state index is 0.216. The number of benzene rings is 2. The molecule has 0 fully saturated rings. The predicted octanol–water partition coefficient (Wildman–Crippen LogP) is 2.54. The smallest absolute Gasteiger partial charge is 0.367 e. The number of aromatic nitrogens is 3. The Kier molecular flexibility index (Phi) is 4.99. The molecule has 6 nitrogen and oxygen atoms in total. The van der Waals surface area contributed by atoms with E-state index in [-0.39, 0.29) is 13.2 Å². The van der Waals surface area contributed by atoms with Gasteiger partial charge in [-0.25, -0.2) is 4.79 Å². The second-order valence-electron chi connectivity index (χ2n) is 5.30. The Morgan fingerprint density at radius 1 is 0.960 bits per heavy atom. The molecule has 0 unspecified atom stereocenters. The molecule has 0 aliphatic carbocycles. The largest absolute Gasteiger partial charge is 0.465 e. The third-order valence-electron chi connectivity index (χ3n) is 3.65. The van der Waals surface area contributed by atoms with Crippen LogP contribution >= 0.6 is 0 Å². The van der Waals surface area contributed by atoms with Crippen molar-refractivity contribution in [3.05, 3.63) is 71.1 Å². The van der Waals surface area contributed by atoms with E-state index in [1.54, 1.807) is 6.92 Å². The fourth-order valence-corrected chi connectivity index (χ4v) is 2.58. The zero-order valence-corrected chi connectivity index (χ0v) is 13.8. The molecule has 0 radical (unpaired) electrons. The zero-order chi connectivity index (χ0) is 17.6. The molecule has 0 saturated carbocycles. The molecule has 0 aliphatic rings. The quantitative estimate of drug-likeness (QED) is 0.670. The summed E-state index contributed by atoms with van der Waals surface area (Å²) in [4.78, 5) is 24.3. The highest BCUT2D eigenvalue weighted by molar-refractivity contribution is 5.79. The Labute approximate surface area is 144 Å². The molecule has 0 spiro atoms. The van der Waals surface area contributed by atoms with Crippen molar-refractivity contribution in [3.8, 4) is 22.5 Å². The molecule has 0 bridgehead atoms. The summed E-state index contributed by atoms with van der Waals surface area (Å²) in [6.45, 7) is 1.75. The topological polar surface area (TPSA) is 74.1 Å². The van der Waals surface area contributed by atoms with Gasteiger partial charge in [0.15, 0.2) is 0 Å². The van der Waals surface area contributed by atoms with Crippen molar-refractivity contribution in [2.45, 2.75) is 13.5 Å². The van der Waals surface area contributed by atoms with Gasteiger partial charge in [-0.2, -0.15) is 0 Å². The number of hydrogen-bond donors (Lipinski definition) is 0. The number of ether oxygens (including phenoxy) is 1. The maximum atomic E-state index is 12.3. The molecule has 126 valence electrons. The van der Waals surface area contributed by atoms with Gasteiger partial charge in [0, 0.05) is 11.1 Å². The first-order chi connectivity index (χ1) is 12.2. The molecule has 25 heavy (non-hydrogen) atoms. The molecule has 3 aromatic rings. The van der Waals surface area contributed by atoms with Gasteiger partial charge in [0.1, 0.15) is 12.2 Å². The lowest BCUT2D eigenvalue weighted by atomic mass is 10.0. The van der Waals surface area contributed by atoms with Crippen molar-refractivity contribution in [2.24, 2.45) is 0 Å². The van der Waals surface area contributed by atoms with E-state index in [4.69, 9.17) is 4.74 Å². The molecule has 0 atom stereocenters. The third-order valence-corrected chi connectivity index (χ3v) is 3.65. The molecule has 2 aromatic carbocycles. The van der Waals surface area contributed by atoms with Crippen molar-refractivity contribution in [1.82, 2.24) is 14.8 Å². The molecule has 0 N–H and O–H groups in total. The Morgan fingerprint density at radius 3 is 2.16 bits per heavy atom. The fourth-order valence-electron chi connectivity index (χ4n) is 2.58. The summed E-state index contributed by atoms with van der Waals surface area (Å²) in [5.41, 5.74) is 2.08. The van der Waals surface area contributed by atoms with Gasteiger partial charge < -0.3 is 4.74 Å². The van der Waals surface area contributed by atoms with Gasteiger partial charge in [0.2, 0.25) is 0 Å². The first-order valence-corrected chi connectivity index (χ1v) is 7.94. The first-order valence-electron chi connectivity index (χ1n) is 7.94. The number of nitrogens with zero attached hydrogens (tertiary/aromatic N) is 3. The molecular weight excluding hydrogens is 318 g/mol. The van der Waals surface area contributed by atoms with E-state index in [9.17, 15) is 9.59 Å². The van der Waals surface area contributed by atoms with E-state index in [1.807, 2.05) is 60.7 Å². The predicted molar refractivity (Wildman–Crippen MR) is 93.8 cm³/mol. The summed E-state index contributed by atoms with van der Waals surface area (Å²) in [5, 5.41) is 7.81. The van der Waals surface area contributed by atoms with Crippen molar-refractivity contribution in [3.63, 3.8) is 0 Å². The molecule has 1 heterocycles. The van der Waals surface area contributed by atoms with Gasteiger partial charge in [0.25, 0.3) is 0 Å². The van der Waals surface area contributed by atoms with E-state index < -0.39 is 11.7 Å². The van der Waals surface area contributed by atoms with Crippen molar-refractivity contribution >= 4 is 5.97 Å². The van der Waals surface area contributed by atoms with Crippen LogP contribution in [-0.4, -0.2) is 27.3 Å². The highest BCUT2D eigenvalue weighted by Crippen LogP contribution is 2.28. The fraction of sp³-hybridized carbons (Fsp3) is 0.158. The van der Waals surface area contributed by atoms with E-state index in [1.165, 1.54) is 4.57 Å². The molecular formula is C19H17N3O3. The lowest BCUT2D eigenvalue weighted by molar-refractivity contribution is -0.143. The van der Waals surface area contributed by atoms with Crippen LogP contribution in [0.2, 0.25) is 0 Å². The first kappa shape index (κ1) is 16.6. The normalized spacial score (nSPS) is 10.4. The molecule has 3 rings (SSSR count). The van der Waals surface area contributed by atoms with E-state index >= 15 is 0 Å². The lowest BCUT2D eigenvalue weighted by Crippen LogP contribution is -2.30. The Bertz CT molecular complexity index is 922. The summed E-state index contributed by atoms with van der Waals surface area (Å²) < 4.78 is 6.30. The number of rotatable bonds is 5. The molecule has 0 aliphatic heterocycles. The average molecular weight is 335 g/mol. The number of esters is 1. The summed E-state index contributed by atoms with van der Waals surface area (Å²) >= 11 is 0. The van der Waals surface area contributed by atoms with Crippen LogP contribution in [0.4, 0.5) is 0 Å². The zero-order valence-electron chi connectivity index (χ0n) is 13.8. The van der Waals surface area contributed by atoms with Crippen molar-refractivity contribution in [2.75, 3.05) is 6.61 Å². The SMILES string of the molecule is CCOC(=O)Cn1c(-c2ccccc2)c(-c2ccccc2)nnc1=O. The second-order valence-corrected chi connectivity index (χ2v) is 5.30. The number of carbonyl (C=O) groups excluding carboxylic acids is 1. The Hall–Kier alpha value is -3.28. The van der Waals surface area contributed by atoms with Gasteiger partial charge in [-0.15, -0.1) is 5.10 Å². The number of carbonyl (C=O) groups is 1. The van der Waals surface area contributed by atoms with Gasteiger partial charge >= 0.3 is 11.7 Å². The number of hydrogen-bond acceptors (Lipinski definition) is 5. The van der Waals surface area contributed by atoms with Crippen molar-refractivity contribution in [1.29, 1.82) is 0 Å². The van der Waals surface area contributed by atoms with Gasteiger partial charge in [-0.3, -0.25) is 9.36 Å². The van der Waals surface area contributed by atoms with Gasteiger partial charge in [0.05, 0.1) is 12.3 Å². The van der Waals surface area contributed by atoms with Crippen LogP contribution in [-0.2, 0) is 16.1 Å².